The fourth-order valence-electron chi connectivity index (χ4n) is 4.43. The summed E-state index contributed by atoms with van der Waals surface area (Å²) in [4.78, 5) is 26.5. The first-order valence-electron chi connectivity index (χ1n) is 8.16. The molecule has 1 spiro atoms. The average Bonchev–Trinajstić information content (AvgIpc) is 3.16. The summed E-state index contributed by atoms with van der Waals surface area (Å²) in [5, 5.41) is 12.2. The minimum atomic E-state index is -1.25. The minimum absolute atomic E-state index is 0.269. The van der Waals surface area contributed by atoms with Gasteiger partial charge in [0.25, 0.3) is 0 Å². The van der Waals surface area contributed by atoms with Crippen molar-refractivity contribution in [3.05, 3.63) is 53.6 Å². The van der Waals surface area contributed by atoms with Crippen LogP contribution in [0.15, 0.2) is 48.6 Å². The van der Waals surface area contributed by atoms with E-state index in [-0.39, 0.29) is 11.9 Å². The molecule has 3 aliphatic rings. The highest BCUT2D eigenvalue weighted by molar-refractivity contribution is 6.31. The monoisotopic (exact) mass is 358 g/mol. The van der Waals surface area contributed by atoms with Gasteiger partial charge in [0.1, 0.15) is 5.60 Å². The Bertz CT molecular complexity index is 819. The topological polar surface area (TPSA) is 69.7 Å². The van der Waals surface area contributed by atoms with E-state index < -0.39 is 29.5 Å². The Morgan fingerprint density at radius 2 is 2.24 bits per heavy atom. The molecule has 0 aromatic heterocycles. The third kappa shape index (κ3) is 2.19. The van der Waals surface area contributed by atoms with Crippen LogP contribution in [-0.4, -0.2) is 29.6 Å². The second kappa shape index (κ2) is 5.44. The molecule has 5 atom stereocenters. The van der Waals surface area contributed by atoms with Crippen LogP contribution in [0.1, 0.15) is 13.3 Å². The molecule has 1 amide bonds. The molecule has 130 valence electrons. The van der Waals surface area contributed by atoms with E-state index in [9.17, 15) is 14.7 Å². The van der Waals surface area contributed by atoms with Crippen LogP contribution in [0.5, 0.6) is 0 Å². The SMILES string of the molecule is C=C(C)C[C@@H]1N(c2cccc(Cl)c2)C(=O)[C@H]2[C@@H](C(=O)[O-])[C@@H]3C=C[C@@]12O3. The number of carbonyl (C=O) groups excluding carboxylic acids is 2. The molecule has 3 aliphatic heterocycles. The molecule has 0 aliphatic carbocycles. The Labute approximate surface area is 150 Å². The summed E-state index contributed by atoms with van der Waals surface area (Å²) in [5.41, 5.74) is 0.551. The van der Waals surface area contributed by atoms with Crippen molar-refractivity contribution in [2.24, 2.45) is 11.8 Å². The van der Waals surface area contributed by atoms with Gasteiger partial charge in [-0.1, -0.05) is 35.4 Å². The maximum absolute atomic E-state index is 13.2. The molecule has 25 heavy (non-hydrogen) atoms. The van der Waals surface area contributed by atoms with Crippen molar-refractivity contribution < 1.29 is 19.4 Å². The summed E-state index contributed by atoms with van der Waals surface area (Å²) >= 11 is 6.10. The van der Waals surface area contributed by atoms with Crippen LogP contribution < -0.4 is 10.0 Å². The van der Waals surface area contributed by atoms with Gasteiger partial charge in [0.15, 0.2) is 0 Å². The number of nitrogens with zero attached hydrogens (tertiary/aromatic N) is 1. The number of rotatable bonds is 4. The Kier molecular flexibility index (Phi) is 3.56. The standard InChI is InChI=1S/C19H18ClNO4/c1-10(2)8-14-19-7-6-13(25-19)15(18(23)24)16(19)17(22)21(14)12-5-3-4-11(20)9-12/h3-7,9,13-16H,1,8H2,2H3,(H,23,24)/p-1/t13-,14-,15-,16+,19+/m0/s1. The number of amides is 1. The number of carbonyl (C=O) groups is 2. The van der Waals surface area contributed by atoms with Crippen LogP contribution in [-0.2, 0) is 14.3 Å². The van der Waals surface area contributed by atoms with Gasteiger partial charge in [0, 0.05) is 22.6 Å². The quantitative estimate of drug-likeness (QED) is 0.768. The van der Waals surface area contributed by atoms with E-state index in [1.165, 1.54) is 0 Å². The first-order valence-corrected chi connectivity index (χ1v) is 8.54. The van der Waals surface area contributed by atoms with Gasteiger partial charge in [-0.25, -0.2) is 0 Å². The van der Waals surface area contributed by atoms with Crippen molar-refractivity contribution in [3.63, 3.8) is 0 Å². The summed E-state index contributed by atoms with van der Waals surface area (Å²) in [7, 11) is 0. The summed E-state index contributed by atoms with van der Waals surface area (Å²) < 4.78 is 6.06. The van der Waals surface area contributed by atoms with Gasteiger partial charge in [-0.05, 0) is 31.5 Å². The third-order valence-electron chi connectivity index (χ3n) is 5.32. The van der Waals surface area contributed by atoms with Crippen LogP contribution in [0.25, 0.3) is 0 Å². The molecule has 2 fully saturated rings. The zero-order chi connectivity index (χ0) is 17.9. The molecule has 4 rings (SSSR count). The summed E-state index contributed by atoms with van der Waals surface area (Å²) in [6.07, 6.45) is 3.47. The van der Waals surface area contributed by atoms with Crippen LogP contribution in [0.3, 0.4) is 0 Å². The van der Waals surface area contributed by atoms with Gasteiger partial charge in [-0.15, -0.1) is 6.58 Å². The number of hydrogen-bond donors (Lipinski definition) is 0. The highest BCUT2D eigenvalue weighted by atomic mass is 35.5. The smallest absolute Gasteiger partial charge is 0.234 e. The van der Waals surface area contributed by atoms with Crippen LogP contribution in [0.4, 0.5) is 5.69 Å². The molecule has 0 radical (unpaired) electrons. The summed E-state index contributed by atoms with van der Waals surface area (Å²) in [6.45, 7) is 5.85. The predicted octanol–water partition coefficient (Wildman–Crippen LogP) is 1.71. The van der Waals surface area contributed by atoms with E-state index in [0.717, 1.165) is 5.57 Å². The summed E-state index contributed by atoms with van der Waals surface area (Å²) in [6, 6.07) is 6.61. The molecule has 0 saturated carbocycles. The normalized spacial score (nSPS) is 35.3. The number of fused-ring (bicyclic) bond motifs is 1. The molecule has 2 saturated heterocycles. The number of halogens is 1. The second-order valence-electron chi connectivity index (χ2n) is 6.98. The van der Waals surface area contributed by atoms with E-state index in [1.807, 2.05) is 13.0 Å². The fraction of sp³-hybridized carbons (Fsp3) is 0.368. The Morgan fingerprint density at radius 1 is 1.48 bits per heavy atom. The second-order valence-corrected chi connectivity index (χ2v) is 7.42. The molecule has 1 aromatic rings. The zero-order valence-electron chi connectivity index (χ0n) is 13.6. The van der Waals surface area contributed by atoms with Gasteiger partial charge >= 0.3 is 0 Å². The van der Waals surface area contributed by atoms with E-state index in [4.69, 9.17) is 16.3 Å². The fourth-order valence-corrected chi connectivity index (χ4v) is 4.62. The highest BCUT2D eigenvalue weighted by Crippen LogP contribution is 2.56. The number of aliphatic carboxylic acids is 1. The maximum Gasteiger partial charge on any atom is 0.234 e. The number of ether oxygens (including phenoxy) is 1. The van der Waals surface area contributed by atoms with E-state index in [1.54, 1.807) is 35.2 Å². The zero-order valence-corrected chi connectivity index (χ0v) is 14.4. The lowest BCUT2D eigenvalue weighted by Crippen LogP contribution is -2.46. The molecular weight excluding hydrogens is 342 g/mol. The van der Waals surface area contributed by atoms with Crippen molar-refractivity contribution in [1.29, 1.82) is 0 Å². The predicted molar refractivity (Wildman–Crippen MR) is 90.9 cm³/mol. The first kappa shape index (κ1) is 16.4. The Balaban J connectivity index is 1.85. The molecule has 0 unspecified atom stereocenters. The van der Waals surface area contributed by atoms with Crippen molar-refractivity contribution >= 4 is 29.2 Å². The Morgan fingerprint density at radius 3 is 2.88 bits per heavy atom. The highest BCUT2D eigenvalue weighted by Gasteiger charge is 2.69. The number of carboxylic acid groups (broad SMARTS) is 1. The average molecular weight is 359 g/mol. The van der Waals surface area contributed by atoms with Gasteiger partial charge in [0.05, 0.1) is 18.1 Å². The van der Waals surface area contributed by atoms with Crippen LogP contribution in [0, 0.1) is 11.8 Å². The first-order chi connectivity index (χ1) is 11.8. The minimum Gasteiger partial charge on any atom is -0.550 e. The largest absolute Gasteiger partial charge is 0.550 e. The van der Waals surface area contributed by atoms with Crippen molar-refractivity contribution in [3.8, 4) is 0 Å². The number of anilines is 1. The summed E-state index contributed by atoms with van der Waals surface area (Å²) in [5.74, 6) is -3.30. The number of benzene rings is 1. The van der Waals surface area contributed by atoms with Crippen molar-refractivity contribution in [2.45, 2.75) is 31.1 Å². The molecule has 0 N–H and O–H groups in total. The van der Waals surface area contributed by atoms with Gasteiger partial charge in [-0.3, -0.25) is 4.79 Å². The molecule has 5 nitrogen and oxygen atoms in total. The lowest BCUT2D eigenvalue weighted by atomic mass is 9.74. The number of carboxylic acids is 1. The van der Waals surface area contributed by atoms with Gasteiger partial charge in [-0.2, -0.15) is 0 Å². The lowest BCUT2D eigenvalue weighted by Gasteiger charge is -2.33. The maximum atomic E-state index is 13.2. The molecule has 2 bridgehead atoms. The van der Waals surface area contributed by atoms with E-state index in [0.29, 0.717) is 17.1 Å². The van der Waals surface area contributed by atoms with Gasteiger partial charge < -0.3 is 19.5 Å². The van der Waals surface area contributed by atoms with Crippen LogP contribution >= 0.6 is 11.6 Å². The van der Waals surface area contributed by atoms with E-state index in [2.05, 4.69) is 6.58 Å². The third-order valence-corrected chi connectivity index (χ3v) is 5.56. The molecule has 1 aromatic carbocycles. The Hall–Kier alpha value is -2.11. The molecule has 6 heteroatoms. The molecular formula is C19H17ClNO4-. The van der Waals surface area contributed by atoms with Gasteiger partial charge in [0.2, 0.25) is 5.91 Å². The molecule has 3 heterocycles. The lowest BCUT2D eigenvalue weighted by molar-refractivity contribution is -0.313. The van der Waals surface area contributed by atoms with Crippen LogP contribution in [0.2, 0.25) is 5.02 Å². The number of hydrogen-bond acceptors (Lipinski definition) is 4. The van der Waals surface area contributed by atoms with Crippen molar-refractivity contribution in [2.75, 3.05) is 4.90 Å². The van der Waals surface area contributed by atoms with E-state index >= 15 is 0 Å². The van der Waals surface area contributed by atoms with Crippen molar-refractivity contribution in [1.82, 2.24) is 0 Å².